The van der Waals surface area contributed by atoms with Crippen LogP contribution in [0.15, 0.2) is 51.8 Å². The van der Waals surface area contributed by atoms with E-state index in [1.54, 1.807) is 25.1 Å². The Kier molecular flexibility index (Phi) is 3.82. The Morgan fingerprint density at radius 1 is 1.16 bits per heavy atom. The number of aryl methyl sites for hydroxylation is 1. The number of phenols is 1. The van der Waals surface area contributed by atoms with Crippen LogP contribution in [0.3, 0.4) is 0 Å². The van der Waals surface area contributed by atoms with Crippen LogP contribution in [0.4, 0.5) is 5.69 Å². The minimum absolute atomic E-state index is 0.0707. The van der Waals surface area contributed by atoms with Gasteiger partial charge in [0.1, 0.15) is 5.75 Å². The predicted molar refractivity (Wildman–Crippen MR) is 77.8 cm³/mol. The average Bonchev–Trinajstić information content (AvgIpc) is 2.32. The molecule has 0 fully saturated rings. The fourth-order valence-electron chi connectivity index (χ4n) is 1.56. The summed E-state index contributed by atoms with van der Waals surface area (Å²) in [6, 6.07) is 11.0. The largest absolute Gasteiger partial charge is 0.508 e. The van der Waals surface area contributed by atoms with Crippen molar-refractivity contribution in [3.63, 3.8) is 0 Å². The molecule has 0 radical (unpaired) electrons. The van der Waals surface area contributed by atoms with Crippen molar-refractivity contribution in [3.05, 3.63) is 52.5 Å². The van der Waals surface area contributed by atoms with Gasteiger partial charge in [-0.2, -0.15) is 0 Å². The molecule has 6 heteroatoms. The second-order valence-corrected chi connectivity index (χ2v) is 6.66. The fraction of sp³-hybridized carbons (Fsp3) is 0.0769. The molecule has 4 nitrogen and oxygen atoms in total. The molecule has 2 rings (SSSR count). The minimum Gasteiger partial charge on any atom is -0.508 e. The van der Waals surface area contributed by atoms with Gasteiger partial charge in [-0.3, -0.25) is 4.72 Å². The number of benzene rings is 2. The molecule has 0 saturated heterocycles. The molecular weight excluding hydrogens is 330 g/mol. The predicted octanol–water partition coefficient (Wildman–Crippen LogP) is 3.26. The Morgan fingerprint density at radius 2 is 1.89 bits per heavy atom. The number of hydrogen-bond acceptors (Lipinski definition) is 3. The van der Waals surface area contributed by atoms with E-state index < -0.39 is 10.0 Å². The van der Waals surface area contributed by atoms with Crippen LogP contribution < -0.4 is 4.72 Å². The first kappa shape index (κ1) is 13.9. The third kappa shape index (κ3) is 3.27. The molecule has 0 bridgehead atoms. The number of halogens is 1. The Labute approximate surface area is 120 Å². The fourth-order valence-corrected chi connectivity index (χ4v) is 3.09. The Bertz CT molecular complexity index is 714. The maximum absolute atomic E-state index is 12.2. The Morgan fingerprint density at radius 3 is 2.53 bits per heavy atom. The lowest BCUT2D eigenvalue weighted by molar-refractivity contribution is 0.470. The normalized spacial score (nSPS) is 11.3. The van der Waals surface area contributed by atoms with E-state index in [0.717, 1.165) is 4.47 Å². The van der Waals surface area contributed by atoms with Crippen LogP contribution in [0, 0.1) is 6.92 Å². The highest BCUT2D eigenvalue weighted by Gasteiger charge is 2.15. The Balaban J connectivity index is 2.35. The average molecular weight is 342 g/mol. The quantitative estimate of drug-likeness (QED) is 0.900. The van der Waals surface area contributed by atoms with E-state index in [9.17, 15) is 13.5 Å². The van der Waals surface area contributed by atoms with Crippen molar-refractivity contribution in [2.75, 3.05) is 4.72 Å². The minimum atomic E-state index is -3.65. The van der Waals surface area contributed by atoms with Gasteiger partial charge in [0.05, 0.1) is 4.90 Å². The van der Waals surface area contributed by atoms with Gasteiger partial charge in [-0.05, 0) is 48.9 Å². The van der Waals surface area contributed by atoms with E-state index in [4.69, 9.17) is 0 Å². The molecule has 0 aliphatic heterocycles. The smallest absolute Gasteiger partial charge is 0.261 e. The number of sulfonamides is 1. The summed E-state index contributed by atoms with van der Waals surface area (Å²) in [5, 5.41) is 9.41. The first-order valence-electron chi connectivity index (χ1n) is 5.46. The molecule has 0 amide bonds. The molecule has 2 aromatic carbocycles. The zero-order valence-corrected chi connectivity index (χ0v) is 12.5. The summed E-state index contributed by atoms with van der Waals surface area (Å²) in [4.78, 5) is 0.114. The summed E-state index contributed by atoms with van der Waals surface area (Å²) in [5.41, 5.74) is 0.984. The number of nitrogens with one attached hydrogen (secondary N) is 1. The summed E-state index contributed by atoms with van der Waals surface area (Å²) >= 11 is 3.28. The van der Waals surface area contributed by atoms with Gasteiger partial charge in [-0.15, -0.1) is 0 Å². The molecule has 0 atom stereocenters. The summed E-state index contributed by atoms with van der Waals surface area (Å²) in [7, 11) is -3.65. The van der Waals surface area contributed by atoms with Crippen LogP contribution in [0.25, 0.3) is 0 Å². The summed E-state index contributed by atoms with van der Waals surface area (Å²) in [6.07, 6.45) is 0. The van der Waals surface area contributed by atoms with Gasteiger partial charge in [0.2, 0.25) is 0 Å². The van der Waals surface area contributed by atoms with Gasteiger partial charge in [0.25, 0.3) is 10.0 Å². The zero-order chi connectivity index (χ0) is 14.0. The van der Waals surface area contributed by atoms with Crippen LogP contribution in [-0.4, -0.2) is 13.5 Å². The zero-order valence-electron chi connectivity index (χ0n) is 10.1. The number of hydrogen-bond donors (Lipinski definition) is 2. The van der Waals surface area contributed by atoms with E-state index in [1.165, 1.54) is 18.2 Å². The van der Waals surface area contributed by atoms with Gasteiger partial charge in [0.15, 0.2) is 0 Å². The first-order chi connectivity index (χ1) is 8.88. The van der Waals surface area contributed by atoms with Crippen molar-refractivity contribution in [2.24, 2.45) is 0 Å². The molecule has 2 aromatic rings. The molecule has 2 N–H and O–H groups in total. The van der Waals surface area contributed by atoms with E-state index in [1.807, 2.05) is 6.07 Å². The molecule has 100 valence electrons. The van der Waals surface area contributed by atoms with E-state index in [-0.39, 0.29) is 10.6 Å². The maximum atomic E-state index is 12.2. The lowest BCUT2D eigenvalue weighted by Crippen LogP contribution is -2.13. The highest BCUT2D eigenvalue weighted by atomic mass is 79.9. The van der Waals surface area contributed by atoms with E-state index in [0.29, 0.717) is 11.3 Å². The van der Waals surface area contributed by atoms with Gasteiger partial charge in [0, 0.05) is 10.2 Å². The van der Waals surface area contributed by atoms with E-state index in [2.05, 4.69) is 20.7 Å². The number of anilines is 1. The van der Waals surface area contributed by atoms with Crippen LogP contribution in [0.2, 0.25) is 0 Å². The second kappa shape index (κ2) is 5.22. The molecular formula is C13H12BrNO3S. The summed E-state index contributed by atoms with van der Waals surface area (Å²) in [6.45, 7) is 1.65. The highest BCUT2D eigenvalue weighted by Crippen LogP contribution is 2.23. The molecule has 0 saturated carbocycles. The van der Waals surface area contributed by atoms with Crippen LogP contribution in [-0.2, 0) is 10.0 Å². The number of rotatable bonds is 3. The summed E-state index contributed by atoms with van der Waals surface area (Å²) < 4.78 is 27.6. The standard InChI is InChI=1S/C13H12BrNO3S/c1-9-7-12(5-6-13(9)16)19(17,18)15-11-4-2-3-10(14)8-11/h2-8,15-16H,1H3. The SMILES string of the molecule is Cc1cc(S(=O)(=O)Nc2cccc(Br)c2)ccc1O. The molecule has 0 aromatic heterocycles. The molecule has 0 aliphatic rings. The third-order valence-corrected chi connectivity index (χ3v) is 4.43. The summed E-state index contributed by atoms with van der Waals surface area (Å²) in [5.74, 6) is 0.0707. The number of aromatic hydroxyl groups is 1. The van der Waals surface area contributed by atoms with Crippen molar-refractivity contribution in [1.29, 1.82) is 0 Å². The van der Waals surface area contributed by atoms with Gasteiger partial charge >= 0.3 is 0 Å². The first-order valence-corrected chi connectivity index (χ1v) is 7.74. The van der Waals surface area contributed by atoms with Crippen LogP contribution >= 0.6 is 15.9 Å². The van der Waals surface area contributed by atoms with Crippen molar-refractivity contribution >= 4 is 31.6 Å². The van der Waals surface area contributed by atoms with Crippen molar-refractivity contribution in [3.8, 4) is 5.75 Å². The second-order valence-electron chi connectivity index (χ2n) is 4.06. The van der Waals surface area contributed by atoms with Gasteiger partial charge in [-0.25, -0.2) is 8.42 Å². The Hall–Kier alpha value is -1.53. The lowest BCUT2D eigenvalue weighted by atomic mass is 10.2. The van der Waals surface area contributed by atoms with Crippen molar-refractivity contribution in [2.45, 2.75) is 11.8 Å². The maximum Gasteiger partial charge on any atom is 0.261 e. The van der Waals surface area contributed by atoms with Crippen LogP contribution in [0.5, 0.6) is 5.75 Å². The topological polar surface area (TPSA) is 66.4 Å². The monoisotopic (exact) mass is 341 g/mol. The molecule has 0 spiro atoms. The molecule has 0 heterocycles. The molecule has 19 heavy (non-hydrogen) atoms. The third-order valence-electron chi connectivity index (χ3n) is 2.56. The van der Waals surface area contributed by atoms with Crippen LogP contribution in [0.1, 0.15) is 5.56 Å². The van der Waals surface area contributed by atoms with Gasteiger partial charge in [-0.1, -0.05) is 22.0 Å². The number of phenolic OH excluding ortho intramolecular Hbond substituents is 1. The lowest BCUT2D eigenvalue weighted by Gasteiger charge is -2.09. The van der Waals surface area contributed by atoms with E-state index >= 15 is 0 Å². The molecule has 0 aliphatic carbocycles. The van der Waals surface area contributed by atoms with Crippen molar-refractivity contribution < 1.29 is 13.5 Å². The van der Waals surface area contributed by atoms with Gasteiger partial charge < -0.3 is 5.11 Å². The highest BCUT2D eigenvalue weighted by molar-refractivity contribution is 9.10. The molecule has 0 unspecified atom stereocenters. The van der Waals surface area contributed by atoms with Crippen molar-refractivity contribution in [1.82, 2.24) is 0 Å².